The van der Waals surface area contributed by atoms with Gasteiger partial charge in [0.1, 0.15) is 5.82 Å². The quantitative estimate of drug-likeness (QED) is 0.734. The zero-order chi connectivity index (χ0) is 15.5. The lowest BCUT2D eigenvalue weighted by molar-refractivity contribution is 0.250. The van der Waals surface area contributed by atoms with Gasteiger partial charge in [-0.3, -0.25) is 10.4 Å². The number of anilines is 1. The lowest BCUT2D eigenvalue weighted by Crippen LogP contribution is -2.33. The van der Waals surface area contributed by atoms with E-state index in [0.717, 1.165) is 12.2 Å². The van der Waals surface area contributed by atoms with Crippen molar-refractivity contribution in [2.24, 2.45) is 11.8 Å². The van der Waals surface area contributed by atoms with Crippen LogP contribution in [-0.2, 0) is 16.3 Å². The Kier molecular flexibility index (Phi) is 4.81. The first-order chi connectivity index (χ1) is 9.84. The maximum Gasteiger partial charge on any atom is 0.321 e. The van der Waals surface area contributed by atoms with Crippen LogP contribution in [0.25, 0.3) is 0 Å². The topological polar surface area (TPSA) is 117 Å². The van der Waals surface area contributed by atoms with Crippen molar-refractivity contribution in [1.29, 1.82) is 0 Å². The summed E-state index contributed by atoms with van der Waals surface area (Å²) in [6.07, 6.45) is 1.36. The number of amides is 2. The number of H-pyrrole nitrogens is 1. The van der Waals surface area contributed by atoms with Crippen molar-refractivity contribution in [2.45, 2.75) is 26.7 Å². The largest absolute Gasteiger partial charge is 0.337 e. The maximum atomic E-state index is 11.7. The third kappa shape index (κ3) is 5.00. The molecule has 1 aromatic rings. The van der Waals surface area contributed by atoms with E-state index in [9.17, 15) is 13.2 Å². The Labute approximate surface area is 124 Å². The molecule has 2 heterocycles. The monoisotopic (exact) mass is 315 g/mol. The van der Waals surface area contributed by atoms with E-state index in [4.69, 9.17) is 0 Å². The van der Waals surface area contributed by atoms with Crippen LogP contribution in [0.3, 0.4) is 0 Å². The summed E-state index contributed by atoms with van der Waals surface area (Å²) in [7, 11) is -2.91. The minimum absolute atomic E-state index is 0.00982. The molecule has 118 valence electrons. The van der Waals surface area contributed by atoms with Gasteiger partial charge in [-0.1, -0.05) is 13.8 Å². The molecule has 3 N–H and O–H groups in total. The van der Waals surface area contributed by atoms with Gasteiger partial charge in [0.25, 0.3) is 0 Å². The van der Waals surface area contributed by atoms with Crippen LogP contribution in [0.1, 0.15) is 26.1 Å². The molecule has 0 radical (unpaired) electrons. The van der Waals surface area contributed by atoms with Crippen molar-refractivity contribution < 1.29 is 13.2 Å². The van der Waals surface area contributed by atoms with E-state index in [2.05, 4.69) is 39.7 Å². The number of hydrogen-bond donors (Lipinski definition) is 3. The number of carbonyl (C=O) groups excluding carboxylic acids is 1. The van der Waals surface area contributed by atoms with E-state index in [1.807, 2.05) is 0 Å². The second-order valence-electron chi connectivity index (χ2n) is 5.81. The SMILES string of the molecule is CC(C)Cc1nc(NC(=O)NCC2CCS(=O)(=O)C2)n[nH]1. The Morgan fingerprint density at radius 3 is 2.86 bits per heavy atom. The molecule has 0 bridgehead atoms. The lowest BCUT2D eigenvalue weighted by atomic mass is 10.1. The Morgan fingerprint density at radius 1 is 1.48 bits per heavy atom. The van der Waals surface area contributed by atoms with Gasteiger partial charge in [-0.25, -0.2) is 13.2 Å². The number of sulfone groups is 1. The fourth-order valence-corrected chi connectivity index (χ4v) is 4.11. The van der Waals surface area contributed by atoms with Crippen LogP contribution in [-0.4, -0.2) is 47.7 Å². The van der Waals surface area contributed by atoms with Crippen molar-refractivity contribution in [2.75, 3.05) is 23.4 Å². The summed E-state index contributed by atoms with van der Waals surface area (Å²) in [4.78, 5) is 15.9. The van der Waals surface area contributed by atoms with Gasteiger partial charge in [-0.15, -0.1) is 5.10 Å². The van der Waals surface area contributed by atoms with Crippen LogP contribution in [0, 0.1) is 11.8 Å². The normalized spacial score (nSPS) is 20.6. The van der Waals surface area contributed by atoms with Crippen molar-refractivity contribution in [3.8, 4) is 0 Å². The molecule has 1 aliphatic heterocycles. The highest BCUT2D eigenvalue weighted by molar-refractivity contribution is 7.91. The van der Waals surface area contributed by atoms with Gasteiger partial charge in [-0.05, 0) is 18.3 Å². The average molecular weight is 315 g/mol. The highest BCUT2D eigenvalue weighted by Crippen LogP contribution is 2.17. The van der Waals surface area contributed by atoms with Gasteiger partial charge < -0.3 is 5.32 Å². The van der Waals surface area contributed by atoms with Crippen LogP contribution in [0.15, 0.2) is 0 Å². The standard InChI is InChI=1S/C12H21N5O3S/c1-8(2)5-10-14-11(17-16-10)15-12(18)13-6-9-3-4-21(19,20)7-9/h8-9H,3-7H2,1-2H3,(H3,13,14,15,16,17,18). The molecule has 1 atom stereocenters. The van der Waals surface area contributed by atoms with Gasteiger partial charge in [0, 0.05) is 13.0 Å². The fraction of sp³-hybridized carbons (Fsp3) is 0.750. The molecule has 0 saturated carbocycles. The molecule has 1 fully saturated rings. The summed E-state index contributed by atoms with van der Waals surface area (Å²) in [5.74, 6) is 1.74. The van der Waals surface area contributed by atoms with E-state index in [-0.39, 0.29) is 23.4 Å². The summed E-state index contributed by atoms with van der Waals surface area (Å²) in [5, 5.41) is 11.9. The smallest absolute Gasteiger partial charge is 0.321 e. The molecule has 8 nitrogen and oxygen atoms in total. The van der Waals surface area contributed by atoms with E-state index in [1.165, 1.54) is 0 Å². The van der Waals surface area contributed by atoms with Crippen LogP contribution >= 0.6 is 0 Å². The zero-order valence-electron chi connectivity index (χ0n) is 12.2. The highest BCUT2D eigenvalue weighted by Gasteiger charge is 2.27. The van der Waals surface area contributed by atoms with Crippen LogP contribution in [0.2, 0.25) is 0 Å². The molecule has 1 aromatic heterocycles. The lowest BCUT2D eigenvalue weighted by Gasteiger charge is -2.09. The molecule has 1 saturated heterocycles. The van der Waals surface area contributed by atoms with Gasteiger partial charge >= 0.3 is 6.03 Å². The molecule has 1 aliphatic rings. The predicted molar refractivity (Wildman–Crippen MR) is 78.7 cm³/mol. The van der Waals surface area contributed by atoms with Gasteiger partial charge in [0.2, 0.25) is 5.95 Å². The Bertz CT molecular complexity index is 596. The molecule has 1 unspecified atom stereocenters. The third-order valence-electron chi connectivity index (χ3n) is 3.24. The number of nitrogens with one attached hydrogen (secondary N) is 3. The minimum Gasteiger partial charge on any atom is -0.337 e. The molecule has 0 aromatic carbocycles. The molecule has 21 heavy (non-hydrogen) atoms. The molecule has 2 amide bonds. The Balaban J connectivity index is 1.76. The summed E-state index contributed by atoms with van der Waals surface area (Å²) in [6.45, 7) is 4.48. The number of urea groups is 1. The van der Waals surface area contributed by atoms with Crippen LogP contribution in [0.4, 0.5) is 10.7 Å². The number of carbonyl (C=O) groups is 1. The first-order valence-corrected chi connectivity index (χ1v) is 8.83. The van der Waals surface area contributed by atoms with Crippen molar-refractivity contribution in [3.05, 3.63) is 5.82 Å². The second-order valence-corrected chi connectivity index (χ2v) is 8.04. The maximum absolute atomic E-state index is 11.7. The van der Waals surface area contributed by atoms with E-state index in [1.54, 1.807) is 0 Å². The molecule has 0 spiro atoms. The number of hydrogen-bond acceptors (Lipinski definition) is 5. The number of aromatic nitrogens is 3. The van der Waals surface area contributed by atoms with Gasteiger partial charge in [0.05, 0.1) is 11.5 Å². The number of aromatic amines is 1. The van der Waals surface area contributed by atoms with Crippen molar-refractivity contribution in [1.82, 2.24) is 20.5 Å². The fourth-order valence-electron chi connectivity index (χ4n) is 2.24. The summed E-state index contributed by atoms with van der Waals surface area (Å²) >= 11 is 0. The minimum atomic E-state index is -2.91. The van der Waals surface area contributed by atoms with E-state index in [0.29, 0.717) is 18.9 Å². The van der Waals surface area contributed by atoms with Crippen LogP contribution in [0.5, 0.6) is 0 Å². The first-order valence-electron chi connectivity index (χ1n) is 7.00. The summed E-state index contributed by atoms with van der Waals surface area (Å²) in [5.41, 5.74) is 0. The first kappa shape index (κ1) is 15.7. The van der Waals surface area contributed by atoms with E-state index >= 15 is 0 Å². The predicted octanol–water partition coefficient (Wildman–Crippen LogP) is 0.559. The Morgan fingerprint density at radius 2 is 2.24 bits per heavy atom. The second kappa shape index (κ2) is 6.42. The summed E-state index contributed by atoms with van der Waals surface area (Å²) in [6, 6.07) is -0.422. The third-order valence-corrected chi connectivity index (χ3v) is 5.07. The molecule has 2 rings (SSSR count). The Hall–Kier alpha value is -1.64. The van der Waals surface area contributed by atoms with Crippen molar-refractivity contribution in [3.63, 3.8) is 0 Å². The van der Waals surface area contributed by atoms with Gasteiger partial charge in [-0.2, -0.15) is 4.98 Å². The average Bonchev–Trinajstić information content (AvgIpc) is 2.93. The zero-order valence-corrected chi connectivity index (χ0v) is 13.0. The van der Waals surface area contributed by atoms with Gasteiger partial charge in [0.15, 0.2) is 9.84 Å². The van der Waals surface area contributed by atoms with E-state index < -0.39 is 15.9 Å². The highest BCUT2D eigenvalue weighted by atomic mass is 32.2. The van der Waals surface area contributed by atoms with Crippen LogP contribution < -0.4 is 10.6 Å². The molecular formula is C12H21N5O3S. The molecule has 9 heteroatoms. The number of nitrogens with zero attached hydrogens (tertiary/aromatic N) is 2. The number of rotatable bonds is 5. The summed E-state index contributed by atoms with van der Waals surface area (Å²) < 4.78 is 22.6. The van der Waals surface area contributed by atoms with Crippen molar-refractivity contribution >= 4 is 21.8 Å². The molecule has 0 aliphatic carbocycles. The molecular weight excluding hydrogens is 294 g/mol.